The smallest absolute Gasteiger partial charge is 0.326 e. The number of ether oxygens (including phenoxy) is 1. The first-order valence-corrected chi connectivity index (χ1v) is 5.81. The van der Waals surface area contributed by atoms with Gasteiger partial charge in [-0.3, -0.25) is 4.79 Å². The molecule has 0 heterocycles. The van der Waals surface area contributed by atoms with E-state index in [1.807, 2.05) is 6.92 Å². The number of rotatable bonds is 7. The van der Waals surface area contributed by atoms with Gasteiger partial charge in [-0.25, -0.2) is 9.59 Å². The molecule has 0 aliphatic carbocycles. The predicted molar refractivity (Wildman–Crippen MR) is 64.1 cm³/mol. The molecule has 0 radical (unpaired) electrons. The number of nitrogens with zero attached hydrogens (tertiary/aromatic N) is 1. The molecular formula is C11H20N2O5. The van der Waals surface area contributed by atoms with E-state index in [0.29, 0.717) is 19.4 Å². The number of esters is 1. The van der Waals surface area contributed by atoms with Crippen molar-refractivity contribution in [2.75, 3.05) is 20.2 Å². The van der Waals surface area contributed by atoms with Crippen LogP contribution in [0.2, 0.25) is 0 Å². The van der Waals surface area contributed by atoms with E-state index < -0.39 is 24.0 Å². The average Bonchev–Trinajstić information content (AvgIpc) is 2.34. The Bertz CT molecular complexity index is 306. The number of carbonyl (C=O) groups is 3. The fourth-order valence-electron chi connectivity index (χ4n) is 1.33. The lowest BCUT2D eigenvalue weighted by Crippen LogP contribution is -2.49. The predicted octanol–water partition coefficient (Wildman–Crippen LogP) is 0.444. The summed E-state index contributed by atoms with van der Waals surface area (Å²) in [5, 5.41) is 11.3. The van der Waals surface area contributed by atoms with E-state index in [2.05, 4.69) is 10.1 Å². The number of nitrogens with one attached hydrogen (secondary N) is 1. The lowest BCUT2D eigenvalue weighted by atomic mass is 10.2. The molecule has 7 nitrogen and oxygen atoms in total. The van der Waals surface area contributed by atoms with Crippen molar-refractivity contribution in [3.05, 3.63) is 0 Å². The van der Waals surface area contributed by atoms with Gasteiger partial charge in [0, 0.05) is 6.54 Å². The molecule has 0 bridgehead atoms. The Kier molecular flexibility index (Phi) is 7.50. The highest BCUT2D eigenvalue weighted by molar-refractivity contribution is 5.85. The highest BCUT2D eigenvalue weighted by Crippen LogP contribution is 1.99. The fraction of sp³-hybridized carbons (Fsp3) is 0.727. The van der Waals surface area contributed by atoms with Crippen molar-refractivity contribution >= 4 is 18.0 Å². The molecule has 2 amide bonds. The highest BCUT2D eigenvalue weighted by Gasteiger charge is 2.23. The van der Waals surface area contributed by atoms with Crippen LogP contribution in [0.3, 0.4) is 0 Å². The van der Waals surface area contributed by atoms with Crippen LogP contribution >= 0.6 is 0 Å². The molecule has 0 aromatic rings. The van der Waals surface area contributed by atoms with Gasteiger partial charge < -0.3 is 20.1 Å². The molecule has 1 atom stereocenters. The monoisotopic (exact) mass is 260 g/mol. The minimum atomic E-state index is -1.08. The van der Waals surface area contributed by atoms with Gasteiger partial charge in [-0.05, 0) is 13.3 Å². The first-order valence-electron chi connectivity index (χ1n) is 5.81. The minimum Gasteiger partial charge on any atom is -0.480 e. The van der Waals surface area contributed by atoms with Crippen LogP contribution in [-0.4, -0.2) is 54.2 Å². The van der Waals surface area contributed by atoms with Gasteiger partial charge in [0.2, 0.25) is 0 Å². The summed E-state index contributed by atoms with van der Waals surface area (Å²) in [6.07, 6.45) is 0.983. The summed E-state index contributed by atoms with van der Waals surface area (Å²) in [7, 11) is 1.23. The van der Waals surface area contributed by atoms with Gasteiger partial charge in [0.25, 0.3) is 0 Å². The molecule has 18 heavy (non-hydrogen) atoms. The molecule has 7 heteroatoms. The largest absolute Gasteiger partial charge is 0.480 e. The molecule has 0 aliphatic rings. The minimum absolute atomic E-state index is 0.197. The summed E-state index contributed by atoms with van der Waals surface area (Å²) in [6, 6.07) is -1.52. The molecular weight excluding hydrogens is 240 g/mol. The maximum Gasteiger partial charge on any atom is 0.326 e. The highest BCUT2D eigenvalue weighted by atomic mass is 16.5. The Hall–Kier alpha value is -1.79. The molecule has 0 aliphatic heterocycles. The molecule has 0 saturated heterocycles. The Morgan fingerprint density at radius 3 is 2.33 bits per heavy atom. The second-order valence-corrected chi connectivity index (χ2v) is 3.72. The van der Waals surface area contributed by atoms with Crippen molar-refractivity contribution in [2.45, 2.75) is 32.7 Å². The van der Waals surface area contributed by atoms with Gasteiger partial charge in [-0.15, -0.1) is 0 Å². The topological polar surface area (TPSA) is 95.9 Å². The van der Waals surface area contributed by atoms with Crippen LogP contribution in [0.25, 0.3) is 0 Å². The summed E-state index contributed by atoms with van der Waals surface area (Å²) in [5.41, 5.74) is 0. The molecule has 104 valence electrons. The number of likely N-dealkylation sites (N-methyl/N-ethyl adjacent to an activating group) is 1. The Labute approximate surface area is 106 Å². The van der Waals surface area contributed by atoms with E-state index >= 15 is 0 Å². The fourth-order valence-corrected chi connectivity index (χ4v) is 1.33. The van der Waals surface area contributed by atoms with E-state index in [0.717, 1.165) is 0 Å². The van der Waals surface area contributed by atoms with Crippen LogP contribution in [-0.2, 0) is 14.3 Å². The summed E-state index contributed by atoms with van der Waals surface area (Å²) in [5.74, 6) is -1.63. The Morgan fingerprint density at radius 1 is 1.33 bits per heavy atom. The molecule has 0 aromatic heterocycles. The van der Waals surface area contributed by atoms with Crippen molar-refractivity contribution < 1.29 is 24.2 Å². The average molecular weight is 260 g/mol. The van der Waals surface area contributed by atoms with Gasteiger partial charge in [0.15, 0.2) is 0 Å². The number of amides is 2. The standard InChI is InChI=1S/C11H20N2O5/c1-4-6-8(10(15)16)12-11(17)13(5-2)7-9(14)18-3/h8H,4-7H2,1-3H3,(H,12,17)(H,15,16)/t8-/m0/s1. The number of methoxy groups -OCH3 is 1. The molecule has 0 fully saturated rings. The number of aliphatic carboxylic acids is 1. The number of urea groups is 1. The van der Waals surface area contributed by atoms with E-state index in [9.17, 15) is 14.4 Å². The number of hydrogen-bond donors (Lipinski definition) is 2. The van der Waals surface area contributed by atoms with Crippen molar-refractivity contribution in [3.8, 4) is 0 Å². The zero-order valence-corrected chi connectivity index (χ0v) is 10.9. The van der Waals surface area contributed by atoms with Crippen LogP contribution in [0, 0.1) is 0 Å². The molecule has 0 saturated carbocycles. The third-order valence-electron chi connectivity index (χ3n) is 2.39. The zero-order chi connectivity index (χ0) is 14.1. The molecule has 0 aromatic carbocycles. The lowest BCUT2D eigenvalue weighted by Gasteiger charge is -2.22. The molecule has 0 unspecified atom stereocenters. The number of carboxylic acids is 1. The third-order valence-corrected chi connectivity index (χ3v) is 2.39. The number of carboxylic acid groups (broad SMARTS) is 1. The Morgan fingerprint density at radius 2 is 1.94 bits per heavy atom. The van der Waals surface area contributed by atoms with Gasteiger partial charge in [-0.1, -0.05) is 13.3 Å². The maximum atomic E-state index is 11.8. The Balaban J connectivity index is 4.49. The van der Waals surface area contributed by atoms with E-state index in [1.165, 1.54) is 12.0 Å². The van der Waals surface area contributed by atoms with Gasteiger partial charge >= 0.3 is 18.0 Å². The number of hydrogen-bond acceptors (Lipinski definition) is 4. The van der Waals surface area contributed by atoms with Crippen LogP contribution in [0.5, 0.6) is 0 Å². The van der Waals surface area contributed by atoms with Gasteiger partial charge in [-0.2, -0.15) is 0 Å². The van der Waals surface area contributed by atoms with Crippen LogP contribution in [0.4, 0.5) is 4.79 Å². The second-order valence-electron chi connectivity index (χ2n) is 3.72. The van der Waals surface area contributed by atoms with E-state index in [1.54, 1.807) is 6.92 Å². The SMILES string of the molecule is CCC[C@H](NC(=O)N(CC)CC(=O)OC)C(=O)O. The first-order chi connectivity index (χ1) is 8.46. The van der Waals surface area contributed by atoms with Crippen LogP contribution in [0.15, 0.2) is 0 Å². The zero-order valence-electron chi connectivity index (χ0n) is 10.9. The maximum absolute atomic E-state index is 11.8. The van der Waals surface area contributed by atoms with E-state index in [-0.39, 0.29) is 6.54 Å². The van der Waals surface area contributed by atoms with Crippen molar-refractivity contribution in [1.82, 2.24) is 10.2 Å². The summed E-state index contributed by atoms with van der Waals surface area (Å²) in [4.78, 5) is 34.9. The first kappa shape index (κ1) is 16.2. The van der Waals surface area contributed by atoms with Crippen LogP contribution < -0.4 is 5.32 Å². The van der Waals surface area contributed by atoms with Crippen molar-refractivity contribution in [1.29, 1.82) is 0 Å². The summed E-state index contributed by atoms with van der Waals surface area (Å²) >= 11 is 0. The van der Waals surface area contributed by atoms with Crippen molar-refractivity contribution in [3.63, 3.8) is 0 Å². The lowest BCUT2D eigenvalue weighted by molar-refractivity contribution is -0.141. The van der Waals surface area contributed by atoms with Gasteiger partial charge in [0.05, 0.1) is 7.11 Å². The normalized spacial score (nSPS) is 11.5. The summed E-state index contributed by atoms with van der Waals surface area (Å²) in [6.45, 7) is 3.61. The molecule has 2 N–H and O–H groups in total. The van der Waals surface area contributed by atoms with Crippen LogP contribution in [0.1, 0.15) is 26.7 Å². The summed E-state index contributed by atoms with van der Waals surface area (Å²) < 4.78 is 4.46. The third kappa shape index (κ3) is 5.51. The van der Waals surface area contributed by atoms with Gasteiger partial charge in [0.1, 0.15) is 12.6 Å². The molecule has 0 spiro atoms. The quantitative estimate of drug-likeness (QED) is 0.648. The number of carbonyl (C=O) groups excluding carboxylic acids is 2. The van der Waals surface area contributed by atoms with Crippen molar-refractivity contribution in [2.24, 2.45) is 0 Å². The molecule has 0 rings (SSSR count). The second kappa shape index (κ2) is 8.32. The van der Waals surface area contributed by atoms with E-state index in [4.69, 9.17) is 5.11 Å².